The Balaban J connectivity index is 1.67. The summed E-state index contributed by atoms with van der Waals surface area (Å²) in [6.07, 6.45) is 5.21. The van der Waals surface area contributed by atoms with Crippen molar-refractivity contribution in [3.63, 3.8) is 0 Å². The van der Waals surface area contributed by atoms with E-state index in [9.17, 15) is 29.1 Å². The molecule has 1 aliphatic heterocycles. The van der Waals surface area contributed by atoms with E-state index in [4.69, 9.17) is 34.2 Å². The van der Waals surface area contributed by atoms with Crippen LogP contribution in [-0.2, 0) is 44.5 Å². The number of hydrogen-bond donors (Lipinski definition) is 3. The van der Waals surface area contributed by atoms with Crippen molar-refractivity contribution in [1.29, 1.82) is 0 Å². The molecule has 20 heteroatoms. The molecule has 1 aliphatic rings. The zero-order valence-electron chi connectivity index (χ0n) is 44.2. The van der Waals surface area contributed by atoms with Gasteiger partial charge in [0, 0.05) is 66.7 Å². The minimum Gasteiger partial charge on any atom is -0.508 e. The number of piperidine rings is 1. The van der Waals surface area contributed by atoms with Crippen molar-refractivity contribution in [2.75, 3.05) is 86.1 Å². The number of alkyl carbamates (subject to hydrolysis) is 1. The van der Waals surface area contributed by atoms with Crippen molar-refractivity contribution in [1.82, 2.24) is 25.4 Å². The minimum absolute atomic E-state index is 0.00830. The zero-order valence-corrected chi connectivity index (χ0v) is 45.0. The molecule has 1 aromatic heterocycles. The van der Waals surface area contributed by atoms with Gasteiger partial charge in [-0.3, -0.25) is 24.1 Å². The van der Waals surface area contributed by atoms with Crippen LogP contribution in [0.1, 0.15) is 133 Å². The molecule has 0 unspecified atom stereocenters. The SMILES string of the molecule is CCCO[C@H](C[C@H](C(C)C)N(CCC)C(=O)[C@@H](CC(=O)[C@H]1CCCCN1C)[C@@H](C)CC)c1nc(C(=O)N[C@@H](Cc2ccc(O)cc2)C[C@H](C)C(=O)CNC(=O)OCCOCCOCCOCCN=[N+]=[N-])cs1. The number of likely N-dealkylation sites (N-methyl/N-ethyl adjacent to an activating group) is 1. The first-order valence-electron chi connectivity index (χ1n) is 26.0. The molecule has 0 spiro atoms. The molecule has 3 amide bonds. The molecule has 3 rings (SSSR count). The van der Waals surface area contributed by atoms with Crippen LogP contribution in [-0.4, -0.2) is 154 Å². The van der Waals surface area contributed by atoms with Crippen LogP contribution in [0.25, 0.3) is 10.4 Å². The van der Waals surface area contributed by atoms with E-state index in [-0.39, 0.29) is 98.6 Å². The quantitative estimate of drug-likeness (QED) is 0.0251. The standard InChI is InChI=1S/C52H84N8O11S/c1-9-20-60(51(65)42(37(6)11-3)32-46(62)44-14-12-13-21-59(44)8)45(36(4)5)33-48(70-22-10-2)50-57-43(35-72-50)49(64)56-40(31-39-15-17-41(61)18-16-39)30-38(7)47(63)34-54-52(66)71-29-28-69-27-26-68-25-24-67-23-19-55-58-53/h15-18,35-38,40,42,44-45,48,61H,9-14,19-34H2,1-8H3,(H,54,66)(H,56,64)/t37-,38-,40+,42-,44+,45+,48+/m0/s1. The lowest BCUT2D eigenvalue weighted by Crippen LogP contribution is -2.50. The maximum atomic E-state index is 14.8. The average Bonchev–Trinajstić information content (AvgIpc) is 3.87. The number of ether oxygens (including phenoxy) is 5. The van der Waals surface area contributed by atoms with Crippen LogP contribution in [0.2, 0.25) is 0 Å². The Morgan fingerprint density at radius 3 is 2.24 bits per heavy atom. The van der Waals surface area contributed by atoms with Crippen molar-refractivity contribution in [3.05, 3.63) is 56.4 Å². The molecule has 0 aliphatic carbocycles. The van der Waals surface area contributed by atoms with E-state index in [2.05, 4.69) is 60.2 Å². The fourth-order valence-corrected chi connectivity index (χ4v) is 9.62. The average molecular weight is 1030 g/mol. The monoisotopic (exact) mass is 1030 g/mol. The highest BCUT2D eigenvalue weighted by atomic mass is 32.1. The van der Waals surface area contributed by atoms with Crippen molar-refractivity contribution in [2.45, 2.75) is 137 Å². The molecule has 7 atom stereocenters. The van der Waals surface area contributed by atoms with E-state index in [0.717, 1.165) is 50.6 Å². The van der Waals surface area contributed by atoms with Crippen molar-refractivity contribution < 1.29 is 52.8 Å². The number of rotatable bonds is 37. The fraction of sp³-hybridized carbons (Fsp3) is 0.731. The molecule has 0 radical (unpaired) electrons. The van der Waals surface area contributed by atoms with Crippen molar-refractivity contribution in [2.24, 2.45) is 28.8 Å². The molecule has 3 N–H and O–H groups in total. The maximum Gasteiger partial charge on any atom is 0.407 e. The van der Waals surface area contributed by atoms with Gasteiger partial charge in [0.05, 0.1) is 52.2 Å². The van der Waals surface area contributed by atoms with E-state index in [0.29, 0.717) is 57.4 Å². The number of nitrogens with one attached hydrogen (secondary N) is 2. The Labute approximate surface area is 431 Å². The number of Topliss-reactive ketones (excluding diaryl/α,β-unsaturated/α-hetero) is 2. The number of aromatic hydroxyl groups is 1. The van der Waals surface area contributed by atoms with Crippen LogP contribution < -0.4 is 10.6 Å². The Morgan fingerprint density at radius 2 is 1.61 bits per heavy atom. The first-order valence-corrected chi connectivity index (χ1v) is 26.9. The van der Waals surface area contributed by atoms with E-state index >= 15 is 0 Å². The van der Waals surface area contributed by atoms with Crippen molar-refractivity contribution >= 4 is 40.8 Å². The van der Waals surface area contributed by atoms with Crippen LogP contribution in [0.5, 0.6) is 5.75 Å². The molecule has 1 aromatic carbocycles. The number of nitrogens with zero attached hydrogens (tertiary/aromatic N) is 6. The van der Waals surface area contributed by atoms with Gasteiger partial charge in [0.1, 0.15) is 29.2 Å². The Morgan fingerprint density at radius 1 is 0.931 bits per heavy atom. The van der Waals surface area contributed by atoms with Crippen LogP contribution in [0.3, 0.4) is 0 Å². The third-order valence-corrected chi connectivity index (χ3v) is 14.0. The van der Waals surface area contributed by atoms with Crippen LogP contribution in [0.15, 0.2) is 34.8 Å². The van der Waals surface area contributed by atoms with E-state index in [1.54, 1.807) is 36.6 Å². The lowest BCUT2D eigenvalue weighted by molar-refractivity contribution is -0.145. The third-order valence-electron chi connectivity index (χ3n) is 13.1. The number of ketones is 2. The number of carbonyl (C=O) groups is 5. The molecular weight excluding hydrogens is 945 g/mol. The highest BCUT2D eigenvalue weighted by Gasteiger charge is 2.38. The van der Waals surface area contributed by atoms with Gasteiger partial charge < -0.3 is 44.3 Å². The molecule has 2 aromatic rings. The molecule has 404 valence electrons. The summed E-state index contributed by atoms with van der Waals surface area (Å²) in [5, 5.41) is 21.2. The number of benzene rings is 1. The van der Waals surface area contributed by atoms with Crippen molar-refractivity contribution in [3.8, 4) is 5.75 Å². The lowest BCUT2D eigenvalue weighted by atomic mass is 9.82. The Kier molecular flexibility index (Phi) is 29.7. The van der Waals surface area contributed by atoms with Crippen LogP contribution in [0, 0.1) is 23.7 Å². The summed E-state index contributed by atoms with van der Waals surface area (Å²) < 4.78 is 27.7. The first kappa shape index (κ1) is 61.6. The van der Waals surface area contributed by atoms with Gasteiger partial charge in [0.2, 0.25) is 5.91 Å². The van der Waals surface area contributed by atoms with Gasteiger partial charge in [-0.2, -0.15) is 0 Å². The molecule has 0 saturated carbocycles. The van der Waals surface area contributed by atoms with Crippen LogP contribution in [0.4, 0.5) is 4.79 Å². The molecule has 72 heavy (non-hydrogen) atoms. The lowest BCUT2D eigenvalue weighted by Gasteiger charge is -2.40. The van der Waals surface area contributed by atoms with Gasteiger partial charge in [0.25, 0.3) is 5.91 Å². The van der Waals surface area contributed by atoms with Gasteiger partial charge in [-0.1, -0.05) is 78.6 Å². The first-order chi connectivity index (χ1) is 34.6. The predicted molar refractivity (Wildman–Crippen MR) is 277 cm³/mol. The molecule has 0 bridgehead atoms. The van der Waals surface area contributed by atoms with Gasteiger partial charge in [-0.25, -0.2) is 9.78 Å². The Bertz CT molecular complexity index is 1970. The van der Waals surface area contributed by atoms with E-state index in [1.165, 1.54) is 11.3 Å². The molecule has 19 nitrogen and oxygen atoms in total. The molecule has 1 saturated heterocycles. The number of azide groups is 1. The topological polar surface area (TPSA) is 244 Å². The second-order valence-electron chi connectivity index (χ2n) is 19.1. The Hall–Kier alpha value is -4.69. The normalized spacial score (nSPS) is 16.4. The number of likely N-dealkylation sites (tertiary alicyclic amines) is 1. The predicted octanol–water partition coefficient (Wildman–Crippen LogP) is 8.10. The van der Waals surface area contributed by atoms with E-state index in [1.807, 2.05) is 18.9 Å². The third kappa shape index (κ3) is 22.2. The zero-order chi connectivity index (χ0) is 52.8. The summed E-state index contributed by atoms with van der Waals surface area (Å²) >= 11 is 1.33. The van der Waals surface area contributed by atoms with Gasteiger partial charge in [-0.05, 0) is 87.2 Å². The summed E-state index contributed by atoms with van der Waals surface area (Å²) in [5.41, 5.74) is 9.29. The van der Waals surface area contributed by atoms with Gasteiger partial charge in [0.15, 0.2) is 11.6 Å². The van der Waals surface area contributed by atoms with Gasteiger partial charge in [-0.15, -0.1) is 11.3 Å². The maximum absolute atomic E-state index is 14.8. The summed E-state index contributed by atoms with van der Waals surface area (Å²) in [6, 6.07) is 5.74. The largest absolute Gasteiger partial charge is 0.508 e. The van der Waals surface area contributed by atoms with E-state index < -0.39 is 36.0 Å². The van der Waals surface area contributed by atoms with Crippen LogP contribution >= 0.6 is 11.3 Å². The number of thiazole rings is 1. The highest BCUT2D eigenvalue weighted by Crippen LogP contribution is 2.34. The number of amides is 3. The smallest absolute Gasteiger partial charge is 0.407 e. The summed E-state index contributed by atoms with van der Waals surface area (Å²) in [6.45, 7) is 17.8. The fourth-order valence-electron chi connectivity index (χ4n) is 8.76. The molecule has 1 fully saturated rings. The number of carbonyl (C=O) groups excluding carboxylic acids is 5. The summed E-state index contributed by atoms with van der Waals surface area (Å²) in [5.74, 6) is -1.36. The molecular formula is C52H84N8O11S. The number of aromatic nitrogens is 1. The summed E-state index contributed by atoms with van der Waals surface area (Å²) in [4.78, 5) is 80.1. The summed E-state index contributed by atoms with van der Waals surface area (Å²) in [7, 11) is 2.01. The highest BCUT2D eigenvalue weighted by molar-refractivity contribution is 7.09. The van der Waals surface area contributed by atoms with Gasteiger partial charge >= 0.3 is 6.09 Å². The number of phenols is 1. The second kappa shape index (κ2) is 34.7. The number of hydrogen-bond acceptors (Lipinski definition) is 15. The molecule has 2 heterocycles. The minimum atomic E-state index is -0.767. The number of phenolic OH excluding ortho intramolecular Hbond substituents is 1. The second-order valence-corrected chi connectivity index (χ2v) is 20.0.